The highest BCUT2D eigenvalue weighted by molar-refractivity contribution is 7.87. The first kappa shape index (κ1) is 24.4. The first-order valence-corrected chi connectivity index (χ1v) is 14.0. The molecule has 0 spiro atoms. The minimum atomic E-state index is -4.07. The number of benzene rings is 3. The molecule has 0 bridgehead atoms. The van der Waals surface area contributed by atoms with Crippen LogP contribution in [0.1, 0.15) is 59.7 Å². The van der Waals surface area contributed by atoms with Gasteiger partial charge >= 0.3 is 10.1 Å². The number of allylic oxidation sites excluding steroid dienone is 3. The van der Waals surface area contributed by atoms with Gasteiger partial charge in [0.1, 0.15) is 10.6 Å². The van der Waals surface area contributed by atoms with Gasteiger partial charge in [0.2, 0.25) is 0 Å². The molecule has 0 amide bonds. The van der Waals surface area contributed by atoms with Gasteiger partial charge in [-0.2, -0.15) is 8.42 Å². The molecule has 0 saturated heterocycles. The van der Waals surface area contributed by atoms with Gasteiger partial charge < -0.3 is 9.50 Å². The van der Waals surface area contributed by atoms with E-state index >= 15 is 0 Å². The van der Waals surface area contributed by atoms with Crippen LogP contribution in [0.5, 0.6) is 5.75 Å². The van der Waals surface area contributed by atoms with Crippen molar-refractivity contribution in [1.29, 1.82) is 0 Å². The van der Waals surface area contributed by atoms with Gasteiger partial charge in [-0.25, -0.2) is 0 Å². The Morgan fingerprint density at radius 1 is 0.868 bits per heavy atom. The summed E-state index contributed by atoms with van der Waals surface area (Å²) < 4.78 is 31.5. The minimum Gasteiger partial charge on any atom is -0.379 e. The molecule has 6 rings (SSSR count). The van der Waals surface area contributed by atoms with Crippen molar-refractivity contribution in [3.8, 4) is 5.75 Å². The fourth-order valence-corrected chi connectivity index (χ4v) is 6.67. The zero-order valence-corrected chi connectivity index (χ0v) is 22.2. The second-order valence-corrected chi connectivity index (χ2v) is 12.5. The number of carbonyl (C=O) groups excluding carboxylic acids is 2. The average molecular weight is 526 g/mol. The van der Waals surface area contributed by atoms with Crippen LogP contribution in [0.25, 0.3) is 5.70 Å². The Labute approximate surface area is 222 Å². The number of Topliss-reactive ketones (excluding diaryl/α,β-unsaturated/α-hetero) is 2. The van der Waals surface area contributed by atoms with Crippen molar-refractivity contribution >= 4 is 27.4 Å². The summed E-state index contributed by atoms with van der Waals surface area (Å²) in [5.74, 6) is -0.647. The van der Waals surface area contributed by atoms with Crippen molar-refractivity contribution in [3.63, 3.8) is 0 Å². The van der Waals surface area contributed by atoms with E-state index in [4.69, 9.17) is 4.18 Å². The highest BCUT2D eigenvalue weighted by Gasteiger charge is 2.46. The van der Waals surface area contributed by atoms with Crippen LogP contribution in [0.4, 0.5) is 0 Å². The molecule has 0 aromatic heterocycles. The molecule has 3 aromatic rings. The predicted molar refractivity (Wildman–Crippen MR) is 144 cm³/mol. The molecule has 1 unspecified atom stereocenters. The molecule has 38 heavy (non-hydrogen) atoms. The van der Waals surface area contributed by atoms with E-state index in [0.717, 1.165) is 22.5 Å². The molecule has 7 heteroatoms. The second kappa shape index (κ2) is 8.53. The first-order chi connectivity index (χ1) is 18.0. The fraction of sp³-hybridized carbons (Fsp3) is 0.226. The van der Waals surface area contributed by atoms with Crippen molar-refractivity contribution < 1.29 is 22.2 Å². The van der Waals surface area contributed by atoms with Gasteiger partial charge in [0.25, 0.3) is 0 Å². The Kier molecular flexibility index (Phi) is 5.47. The van der Waals surface area contributed by atoms with Crippen LogP contribution >= 0.6 is 0 Å². The molecular weight excluding hydrogens is 498 g/mol. The lowest BCUT2D eigenvalue weighted by Gasteiger charge is -2.39. The van der Waals surface area contributed by atoms with E-state index in [-0.39, 0.29) is 27.6 Å². The van der Waals surface area contributed by atoms with E-state index in [1.807, 2.05) is 31.2 Å². The molecular formula is C31H27NO5S. The van der Waals surface area contributed by atoms with Gasteiger partial charge in [-0.3, -0.25) is 9.59 Å². The number of ketones is 2. The fourth-order valence-electron chi connectivity index (χ4n) is 5.75. The number of dihydropyridines is 1. The highest BCUT2D eigenvalue weighted by atomic mass is 32.2. The number of hydrogen-bond donors (Lipinski definition) is 1. The summed E-state index contributed by atoms with van der Waals surface area (Å²) in [5.41, 5.74) is 5.38. The molecule has 6 nitrogen and oxygen atoms in total. The molecule has 0 radical (unpaired) electrons. The van der Waals surface area contributed by atoms with E-state index in [1.165, 1.54) is 12.1 Å². The van der Waals surface area contributed by atoms with Gasteiger partial charge in [0.15, 0.2) is 11.6 Å². The summed E-state index contributed by atoms with van der Waals surface area (Å²) >= 11 is 0. The maximum atomic E-state index is 13.7. The maximum Gasteiger partial charge on any atom is 0.339 e. The molecule has 2 aliphatic carbocycles. The lowest BCUT2D eigenvalue weighted by atomic mass is 9.68. The zero-order chi connectivity index (χ0) is 26.8. The summed E-state index contributed by atoms with van der Waals surface area (Å²) in [6.07, 6.45) is 1.03. The topological polar surface area (TPSA) is 89.5 Å². The molecule has 3 aromatic carbocycles. The predicted octanol–water partition coefficient (Wildman–Crippen LogP) is 5.70. The van der Waals surface area contributed by atoms with Gasteiger partial charge in [0.05, 0.1) is 5.70 Å². The van der Waals surface area contributed by atoms with Crippen LogP contribution in [0.3, 0.4) is 0 Å². The standard InChI is InChI=1S/C31H27NO5S/c1-18-11-13-21(14-12-18)38(35,36)37-20-8-6-7-19(15-20)26-27-24(16-31(2,3)17-25(27)33)32-29-22-9-4-5-10-23(22)30(34)28(26)29/h4-15,26,32H,16-17H2,1-3H3. The number of hydrogen-bond acceptors (Lipinski definition) is 6. The first-order valence-electron chi connectivity index (χ1n) is 12.6. The third-order valence-corrected chi connectivity index (χ3v) is 8.70. The van der Waals surface area contributed by atoms with Crippen LogP contribution < -0.4 is 9.50 Å². The van der Waals surface area contributed by atoms with Crippen LogP contribution in [0.15, 0.2) is 94.5 Å². The molecule has 1 heterocycles. The summed E-state index contributed by atoms with van der Waals surface area (Å²) in [7, 11) is -4.07. The molecule has 1 N–H and O–H groups in total. The molecule has 3 aliphatic rings. The van der Waals surface area contributed by atoms with E-state index in [1.54, 1.807) is 36.4 Å². The van der Waals surface area contributed by atoms with Crippen molar-refractivity contribution in [2.24, 2.45) is 5.41 Å². The minimum absolute atomic E-state index is 0.0114. The summed E-state index contributed by atoms with van der Waals surface area (Å²) in [4.78, 5) is 27.3. The van der Waals surface area contributed by atoms with Gasteiger partial charge in [-0.15, -0.1) is 0 Å². The van der Waals surface area contributed by atoms with Crippen molar-refractivity contribution in [1.82, 2.24) is 5.32 Å². The van der Waals surface area contributed by atoms with E-state index in [0.29, 0.717) is 35.1 Å². The van der Waals surface area contributed by atoms with Crippen LogP contribution in [-0.4, -0.2) is 20.0 Å². The summed E-state index contributed by atoms with van der Waals surface area (Å²) in [5, 5.41) is 3.46. The van der Waals surface area contributed by atoms with E-state index in [2.05, 4.69) is 19.2 Å². The largest absolute Gasteiger partial charge is 0.379 e. The molecule has 0 saturated carbocycles. The summed E-state index contributed by atoms with van der Waals surface area (Å²) in [6.45, 7) is 6.00. The number of fused-ring (bicyclic) bond motifs is 2. The van der Waals surface area contributed by atoms with Crippen molar-refractivity contribution in [3.05, 3.63) is 112 Å². The number of carbonyl (C=O) groups is 2. The van der Waals surface area contributed by atoms with Gasteiger partial charge in [0, 0.05) is 40.3 Å². The third kappa shape index (κ3) is 3.98. The molecule has 0 fully saturated rings. The third-order valence-electron chi connectivity index (χ3n) is 7.44. The van der Waals surface area contributed by atoms with Gasteiger partial charge in [-0.05, 0) is 48.6 Å². The zero-order valence-electron chi connectivity index (χ0n) is 21.4. The van der Waals surface area contributed by atoms with Crippen LogP contribution in [0.2, 0.25) is 0 Å². The van der Waals surface area contributed by atoms with Crippen LogP contribution in [-0.2, 0) is 14.9 Å². The highest BCUT2D eigenvalue weighted by Crippen LogP contribution is 2.51. The smallest absolute Gasteiger partial charge is 0.339 e. The van der Waals surface area contributed by atoms with E-state index in [9.17, 15) is 18.0 Å². The second-order valence-electron chi connectivity index (χ2n) is 11.0. The Morgan fingerprint density at radius 2 is 1.58 bits per heavy atom. The Hall–Kier alpha value is -3.97. The quantitative estimate of drug-likeness (QED) is 0.440. The Balaban J connectivity index is 1.46. The SMILES string of the molecule is Cc1ccc(S(=O)(=O)Oc2cccc(C3C4=C(CC(C)(C)CC4=O)NC4=C3C(=O)c3ccccc34)c2)cc1. The lowest BCUT2D eigenvalue weighted by Crippen LogP contribution is -2.37. The average Bonchev–Trinajstić information content (AvgIpc) is 3.14. The Bertz CT molecular complexity index is 1690. The maximum absolute atomic E-state index is 13.7. The Morgan fingerprint density at radius 3 is 2.32 bits per heavy atom. The van der Waals surface area contributed by atoms with Crippen LogP contribution in [0, 0.1) is 12.3 Å². The molecule has 1 atom stereocenters. The number of rotatable bonds is 4. The van der Waals surface area contributed by atoms with Gasteiger partial charge in [-0.1, -0.05) is 67.9 Å². The van der Waals surface area contributed by atoms with Crippen molar-refractivity contribution in [2.75, 3.05) is 0 Å². The van der Waals surface area contributed by atoms with Crippen molar-refractivity contribution in [2.45, 2.75) is 44.4 Å². The lowest BCUT2D eigenvalue weighted by molar-refractivity contribution is -0.118. The van der Waals surface area contributed by atoms with E-state index < -0.39 is 16.0 Å². The molecule has 192 valence electrons. The monoisotopic (exact) mass is 525 g/mol. The molecule has 1 aliphatic heterocycles. The number of aryl methyl sites for hydroxylation is 1. The normalized spacial score (nSPS) is 20.0. The summed E-state index contributed by atoms with van der Waals surface area (Å²) in [6, 6.07) is 20.6. The number of nitrogens with one attached hydrogen (secondary N) is 1.